The lowest BCUT2D eigenvalue weighted by Gasteiger charge is -2.15. The molecule has 0 aliphatic heterocycles. The molecule has 1 atom stereocenters. The van der Waals surface area contributed by atoms with Crippen molar-refractivity contribution >= 4 is 21.9 Å². The van der Waals surface area contributed by atoms with Gasteiger partial charge >= 0.3 is 5.97 Å². The average molecular weight is 404 g/mol. The molecule has 150 valence electrons. The number of amides is 1. The van der Waals surface area contributed by atoms with Gasteiger partial charge in [-0.1, -0.05) is 29.8 Å². The molecule has 3 N–H and O–H groups in total. The molecule has 0 saturated heterocycles. The molecule has 7 nitrogen and oxygen atoms in total. The molecule has 2 aromatic rings. The van der Waals surface area contributed by atoms with Crippen LogP contribution in [0.2, 0.25) is 0 Å². The standard InChI is InChI=1S/C20H24N2O5S/c1-12-9-13(2)19(14(3)10-12)20(24)27-11-18(23)22-15(4)16-5-7-17(8-6-16)28(21,25)26/h5-10,15H,11H2,1-4H3,(H,22,23)(H2,21,25,26)/t15-/m1/s1. The first-order chi connectivity index (χ1) is 13.0. The Balaban J connectivity index is 1.96. The SMILES string of the molecule is Cc1cc(C)c(C(=O)OCC(=O)N[C@H](C)c2ccc(S(N)(=O)=O)cc2)c(C)c1. The van der Waals surface area contributed by atoms with Crippen molar-refractivity contribution in [1.29, 1.82) is 0 Å². The van der Waals surface area contributed by atoms with Crippen molar-refractivity contribution in [3.63, 3.8) is 0 Å². The average Bonchev–Trinajstić information content (AvgIpc) is 2.58. The van der Waals surface area contributed by atoms with Gasteiger partial charge in [-0.15, -0.1) is 0 Å². The fourth-order valence-electron chi connectivity index (χ4n) is 3.02. The highest BCUT2D eigenvalue weighted by molar-refractivity contribution is 7.89. The van der Waals surface area contributed by atoms with Gasteiger partial charge in [-0.25, -0.2) is 18.4 Å². The lowest BCUT2D eigenvalue weighted by Crippen LogP contribution is -2.31. The second-order valence-electron chi connectivity index (χ2n) is 6.75. The van der Waals surface area contributed by atoms with Crippen molar-refractivity contribution in [1.82, 2.24) is 5.32 Å². The normalized spacial score (nSPS) is 12.3. The number of rotatable bonds is 6. The third-order valence-electron chi connectivity index (χ3n) is 4.30. The number of carbonyl (C=O) groups is 2. The maximum absolute atomic E-state index is 12.3. The van der Waals surface area contributed by atoms with Crippen molar-refractivity contribution in [2.24, 2.45) is 5.14 Å². The maximum Gasteiger partial charge on any atom is 0.339 e. The molecule has 0 unspecified atom stereocenters. The van der Waals surface area contributed by atoms with E-state index < -0.39 is 34.5 Å². The molecule has 0 aliphatic carbocycles. The minimum absolute atomic E-state index is 0.00690. The smallest absolute Gasteiger partial charge is 0.339 e. The second kappa shape index (κ2) is 8.53. The molecule has 0 fully saturated rings. The van der Waals surface area contributed by atoms with Crippen LogP contribution in [0.1, 0.15) is 45.6 Å². The summed E-state index contributed by atoms with van der Waals surface area (Å²) in [5.41, 5.74) is 3.80. The van der Waals surface area contributed by atoms with Crippen molar-refractivity contribution < 1.29 is 22.7 Å². The van der Waals surface area contributed by atoms with Crippen LogP contribution in [-0.2, 0) is 19.6 Å². The first kappa shape index (κ1) is 21.6. The van der Waals surface area contributed by atoms with Crippen molar-refractivity contribution in [3.05, 3.63) is 64.2 Å². The molecule has 0 aromatic heterocycles. The van der Waals surface area contributed by atoms with Crippen LogP contribution in [0, 0.1) is 20.8 Å². The van der Waals surface area contributed by atoms with Gasteiger partial charge < -0.3 is 10.1 Å². The number of ether oxygens (including phenoxy) is 1. The summed E-state index contributed by atoms with van der Waals surface area (Å²) >= 11 is 0. The maximum atomic E-state index is 12.3. The Hall–Kier alpha value is -2.71. The van der Waals surface area contributed by atoms with Gasteiger partial charge in [0, 0.05) is 0 Å². The number of hydrogen-bond donors (Lipinski definition) is 2. The number of aryl methyl sites for hydroxylation is 3. The van der Waals surface area contributed by atoms with E-state index in [1.54, 1.807) is 19.1 Å². The van der Waals surface area contributed by atoms with Crippen molar-refractivity contribution in [2.45, 2.75) is 38.6 Å². The predicted molar refractivity (Wildman–Crippen MR) is 105 cm³/mol. The van der Waals surface area contributed by atoms with Crippen LogP contribution in [-0.4, -0.2) is 26.9 Å². The Kier molecular flexibility index (Phi) is 6.58. The van der Waals surface area contributed by atoms with E-state index in [4.69, 9.17) is 9.88 Å². The Morgan fingerprint density at radius 2 is 1.61 bits per heavy atom. The molecule has 0 saturated carbocycles. The summed E-state index contributed by atoms with van der Waals surface area (Å²) in [6, 6.07) is 9.25. The lowest BCUT2D eigenvalue weighted by molar-refractivity contribution is -0.124. The zero-order chi connectivity index (χ0) is 21.1. The molecule has 8 heteroatoms. The highest BCUT2D eigenvalue weighted by Gasteiger charge is 2.17. The zero-order valence-corrected chi connectivity index (χ0v) is 17.1. The van der Waals surface area contributed by atoms with E-state index in [0.29, 0.717) is 11.1 Å². The Morgan fingerprint density at radius 1 is 1.07 bits per heavy atom. The number of benzene rings is 2. The summed E-state index contributed by atoms with van der Waals surface area (Å²) in [6.45, 7) is 6.92. The van der Waals surface area contributed by atoms with Gasteiger partial charge in [0.25, 0.3) is 5.91 Å². The molecule has 0 aliphatic rings. The predicted octanol–water partition coefficient (Wildman–Crippen LogP) is 2.29. The van der Waals surface area contributed by atoms with Crippen LogP contribution in [0.15, 0.2) is 41.3 Å². The minimum Gasteiger partial charge on any atom is -0.452 e. The second-order valence-corrected chi connectivity index (χ2v) is 8.31. The largest absolute Gasteiger partial charge is 0.452 e. The summed E-state index contributed by atoms with van der Waals surface area (Å²) in [4.78, 5) is 24.4. The third kappa shape index (κ3) is 5.40. The molecule has 0 spiro atoms. The first-order valence-corrected chi connectivity index (χ1v) is 10.2. The molecule has 0 radical (unpaired) electrons. The summed E-state index contributed by atoms with van der Waals surface area (Å²) in [6.07, 6.45) is 0. The molecule has 0 heterocycles. The number of sulfonamides is 1. The molecule has 2 rings (SSSR count). The van der Waals surface area contributed by atoms with Crippen molar-refractivity contribution in [3.8, 4) is 0 Å². The van der Waals surface area contributed by atoms with Crippen LogP contribution >= 0.6 is 0 Å². The summed E-state index contributed by atoms with van der Waals surface area (Å²) < 4.78 is 27.7. The van der Waals surface area contributed by atoms with Gasteiger partial charge in [-0.3, -0.25) is 4.79 Å². The molecule has 1 amide bonds. The summed E-state index contributed by atoms with van der Waals surface area (Å²) in [5, 5.41) is 7.77. The van der Waals surface area contributed by atoms with E-state index in [0.717, 1.165) is 16.7 Å². The van der Waals surface area contributed by atoms with Gasteiger partial charge in [0.2, 0.25) is 10.0 Å². The fourth-order valence-corrected chi connectivity index (χ4v) is 3.53. The topological polar surface area (TPSA) is 116 Å². The number of nitrogens with one attached hydrogen (secondary N) is 1. The summed E-state index contributed by atoms with van der Waals surface area (Å²) in [7, 11) is -3.77. The third-order valence-corrected chi connectivity index (χ3v) is 5.23. The monoisotopic (exact) mass is 404 g/mol. The van der Waals surface area contributed by atoms with Crippen LogP contribution in [0.5, 0.6) is 0 Å². The first-order valence-electron chi connectivity index (χ1n) is 8.66. The summed E-state index contributed by atoms with van der Waals surface area (Å²) in [5.74, 6) is -1.01. The van der Waals surface area contributed by atoms with Crippen LogP contribution in [0.3, 0.4) is 0 Å². The number of esters is 1. The minimum atomic E-state index is -3.77. The highest BCUT2D eigenvalue weighted by atomic mass is 32.2. The Labute approximate surface area is 164 Å². The van der Waals surface area contributed by atoms with E-state index in [1.807, 2.05) is 32.9 Å². The molecular weight excluding hydrogens is 380 g/mol. The fraction of sp³-hybridized carbons (Fsp3) is 0.300. The van der Waals surface area contributed by atoms with E-state index in [-0.39, 0.29) is 4.90 Å². The highest BCUT2D eigenvalue weighted by Crippen LogP contribution is 2.18. The van der Waals surface area contributed by atoms with E-state index in [2.05, 4.69) is 5.32 Å². The van der Waals surface area contributed by atoms with E-state index in [9.17, 15) is 18.0 Å². The van der Waals surface area contributed by atoms with Crippen LogP contribution in [0.4, 0.5) is 0 Å². The molecular formula is C20H24N2O5S. The molecule has 28 heavy (non-hydrogen) atoms. The zero-order valence-electron chi connectivity index (χ0n) is 16.3. The lowest BCUT2D eigenvalue weighted by atomic mass is 10.00. The van der Waals surface area contributed by atoms with Crippen molar-refractivity contribution in [2.75, 3.05) is 6.61 Å². The Morgan fingerprint density at radius 3 is 2.11 bits per heavy atom. The Bertz CT molecular complexity index is 975. The van der Waals surface area contributed by atoms with Gasteiger partial charge in [-0.05, 0) is 56.5 Å². The number of nitrogens with two attached hydrogens (primary N) is 1. The quantitative estimate of drug-likeness (QED) is 0.717. The molecule has 0 bridgehead atoms. The van der Waals surface area contributed by atoms with Gasteiger partial charge in [0.05, 0.1) is 16.5 Å². The van der Waals surface area contributed by atoms with Crippen LogP contribution < -0.4 is 10.5 Å². The van der Waals surface area contributed by atoms with E-state index in [1.165, 1.54) is 12.1 Å². The van der Waals surface area contributed by atoms with Gasteiger partial charge in [0.15, 0.2) is 6.61 Å². The van der Waals surface area contributed by atoms with Gasteiger partial charge in [-0.2, -0.15) is 0 Å². The molecule has 2 aromatic carbocycles. The number of primary sulfonamides is 1. The number of hydrogen-bond acceptors (Lipinski definition) is 5. The van der Waals surface area contributed by atoms with Crippen LogP contribution in [0.25, 0.3) is 0 Å². The number of carbonyl (C=O) groups excluding carboxylic acids is 2. The van der Waals surface area contributed by atoms with Gasteiger partial charge in [0.1, 0.15) is 0 Å². The van der Waals surface area contributed by atoms with E-state index >= 15 is 0 Å².